The van der Waals surface area contributed by atoms with Crippen LogP contribution in [0.2, 0.25) is 0 Å². The number of hydrogen-bond acceptors (Lipinski definition) is 3. The van der Waals surface area contributed by atoms with E-state index in [0.717, 1.165) is 31.8 Å². The van der Waals surface area contributed by atoms with Crippen molar-refractivity contribution < 1.29 is 13.6 Å². The SMILES string of the molecule is Cc1cc(C(=O)c2ccc(N3CCCC3)o2)ccc1F. The van der Waals surface area contributed by atoms with Crippen LogP contribution in [0.15, 0.2) is 34.7 Å². The predicted octanol–water partition coefficient (Wildman–Crippen LogP) is 3.56. The van der Waals surface area contributed by atoms with Crippen LogP contribution in [0.3, 0.4) is 0 Å². The van der Waals surface area contributed by atoms with Crippen LogP contribution in [0.25, 0.3) is 0 Å². The molecule has 20 heavy (non-hydrogen) atoms. The first-order valence-electron chi connectivity index (χ1n) is 6.81. The molecule has 1 aliphatic rings. The molecule has 0 N–H and O–H groups in total. The third kappa shape index (κ3) is 2.33. The number of anilines is 1. The molecule has 0 amide bonds. The summed E-state index contributed by atoms with van der Waals surface area (Å²) in [4.78, 5) is 14.4. The lowest BCUT2D eigenvalue weighted by atomic mass is 10.1. The molecule has 3 rings (SSSR count). The fourth-order valence-corrected chi connectivity index (χ4v) is 2.49. The van der Waals surface area contributed by atoms with Crippen LogP contribution < -0.4 is 4.90 Å². The highest BCUT2D eigenvalue weighted by Gasteiger charge is 2.19. The van der Waals surface area contributed by atoms with E-state index in [2.05, 4.69) is 4.90 Å². The lowest BCUT2D eigenvalue weighted by molar-refractivity contribution is 0.101. The third-order valence-electron chi connectivity index (χ3n) is 3.65. The first kappa shape index (κ1) is 12.9. The molecular weight excluding hydrogens is 257 g/mol. The van der Waals surface area contributed by atoms with Crippen molar-refractivity contribution in [2.75, 3.05) is 18.0 Å². The van der Waals surface area contributed by atoms with E-state index in [9.17, 15) is 9.18 Å². The Kier molecular flexibility index (Phi) is 3.30. The number of benzene rings is 1. The molecule has 104 valence electrons. The fourth-order valence-electron chi connectivity index (χ4n) is 2.49. The second kappa shape index (κ2) is 5.12. The molecule has 0 saturated carbocycles. The lowest BCUT2D eigenvalue weighted by Gasteiger charge is -2.12. The molecule has 0 aliphatic carbocycles. The van der Waals surface area contributed by atoms with Crippen LogP contribution in [0, 0.1) is 12.7 Å². The number of nitrogens with zero attached hydrogens (tertiary/aromatic N) is 1. The Morgan fingerprint density at radius 2 is 1.95 bits per heavy atom. The normalized spacial score (nSPS) is 14.8. The van der Waals surface area contributed by atoms with Gasteiger partial charge in [-0.25, -0.2) is 4.39 Å². The Morgan fingerprint density at radius 3 is 2.65 bits per heavy atom. The summed E-state index contributed by atoms with van der Waals surface area (Å²) in [7, 11) is 0. The summed E-state index contributed by atoms with van der Waals surface area (Å²) in [5, 5.41) is 0. The molecular formula is C16H16FNO2. The smallest absolute Gasteiger partial charge is 0.228 e. The van der Waals surface area contributed by atoms with Gasteiger partial charge >= 0.3 is 0 Å². The Balaban J connectivity index is 1.84. The summed E-state index contributed by atoms with van der Waals surface area (Å²) < 4.78 is 18.9. The molecule has 0 unspecified atom stereocenters. The van der Waals surface area contributed by atoms with Gasteiger partial charge in [-0.05, 0) is 49.6 Å². The lowest BCUT2D eigenvalue weighted by Crippen LogP contribution is -2.16. The van der Waals surface area contributed by atoms with Crippen LogP contribution in [0.1, 0.15) is 34.5 Å². The van der Waals surface area contributed by atoms with Gasteiger partial charge in [0.2, 0.25) is 5.78 Å². The Hall–Kier alpha value is -2.10. The summed E-state index contributed by atoms with van der Waals surface area (Å²) >= 11 is 0. The Morgan fingerprint density at radius 1 is 1.20 bits per heavy atom. The summed E-state index contributed by atoms with van der Waals surface area (Å²) in [6, 6.07) is 7.87. The van der Waals surface area contributed by atoms with Gasteiger partial charge in [0.25, 0.3) is 0 Å². The molecule has 1 fully saturated rings. The van der Waals surface area contributed by atoms with Gasteiger partial charge in [-0.2, -0.15) is 0 Å². The van der Waals surface area contributed by atoms with E-state index in [4.69, 9.17) is 4.42 Å². The number of halogens is 1. The van der Waals surface area contributed by atoms with Gasteiger partial charge in [0.15, 0.2) is 11.6 Å². The topological polar surface area (TPSA) is 33.5 Å². The standard InChI is InChI=1S/C16H16FNO2/c1-11-10-12(4-5-13(11)17)16(19)14-6-7-15(20-14)18-8-2-3-9-18/h4-7,10H,2-3,8-9H2,1H3. The van der Waals surface area contributed by atoms with Crippen LogP contribution in [0.4, 0.5) is 10.3 Å². The van der Waals surface area contributed by atoms with Gasteiger partial charge in [-0.15, -0.1) is 0 Å². The number of ketones is 1. The first-order chi connectivity index (χ1) is 9.65. The first-order valence-corrected chi connectivity index (χ1v) is 6.81. The number of carbonyl (C=O) groups excluding carboxylic acids is 1. The van der Waals surface area contributed by atoms with Crippen molar-refractivity contribution in [3.63, 3.8) is 0 Å². The van der Waals surface area contributed by atoms with E-state index >= 15 is 0 Å². The number of furan rings is 1. The minimum absolute atomic E-state index is 0.210. The molecule has 1 saturated heterocycles. The second-order valence-electron chi connectivity index (χ2n) is 5.13. The highest BCUT2D eigenvalue weighted by molar-refractivity contribution is 6.07. The molecule has 0 bridgehead atoms. The Labute approximate surface area is 117 Å². The zero-order valence-electron chi connectivity index (χ0n) is 11.4. The van der Waals surface area contributed by atoms with E-state index in [-0.39, 0.29) is 11.6 Å². The quantitative estimate of drug-likeness (QED) is 0.802. The molecule has 0 radical (unpaired) electrons. The van der Waals surface area contributed by atoms with E-state index in [1.54, 1.807) is 19.1 Å². The van der Waals surface area contributed by atoms with Gasteiger partial charge < -0.3 is 9.32 Å². The molecule has 0 spiro atoms. The molecule has 2 heterocycles. The average Bonchev–Trinajstić information content (AvgIpc) is 3.11. The molecule has 1 aromatic heterocycles. The van der Waals surface area contributed by atoms with Gasteiger partial charge in [0, 0.05) is 24.7 Å². The summed E-state index contributed by atoms with van der Waals surface area (Å²) in [6.07, 6.45) is 2.31. The fraction of sp³-hybridized carbons (Fsp3) is 0.312. The maximum atomic E-state index is 13.2. The van der Waals surface area contributed by atoms with Crippen molar-refractivity contribution in [1.82, 2.24) is 0 Å². The van der Waals surface area contributed by atoms with Crippen molar-refractivity contribution >= 4 is 11.7 Å². The van der Waals surface area contributed by atoms with Crippen molar-refractivity contribution in [1.29, 1.82) is 0 Å². The van der Waals surface area contributed by atoms with E-state index in [0.29, 0.717) is 16.9 Å². The average molecular weight is 273 g/mol. The number of carbonyl (C=O) groups is 1. The van der Waals surface area contributed by atoms with Crippen LogP contribution in [-0.4, -0.2) is 18.9 Å². The minimum atomic E-state index is -0.307. The highest BCUT2D eigenvalue weighted by Crippen LogP contribution is 2.24. The Bertz CT molecular complexity index is 642. The molecule has 3 nitrogen and oxygen atoms in total. The number of rotatable bonds is 3. The predicted molar refractivity (Wildman–Crippen MR) is 74.7 cm³/mol. The van der Waals surface area contributed by atoms with Crippen LogP contribution in [-0.2, 0) is 0 Å². The molecule has 1 aromatic carbocycles. The summed E-state index contributed by atoms with van der Waals surface area (Å²) in [5.74, 6) is 0.528. The van der Waals surface area contributed by atoms with E-state index in [1.165, 1.54) is 12.1 Å². The largest absolute Gasteiger partial charge is 0.437 e. The second-order valence-corrected chi connectivity index (χ2v) is 5.13. The summed E-state index contributed by atoms with van der Waals surface area (Å²) in [6.45, 7) is 3.58. The van der Waals surface area contributed by atoms with Crippen molar-refractivity contribution in [2.45, 2.75) is 19.8 Å². The van der Waals surface area contributed by atoms with Crippen LogP contribution >= 0.6 is 0 Å². The number of aryl methyl sites for hydroxylation is 1. The summed E-state index contributed by atoms with van der Waals surface area (Å²) in [5.41, 5.74) is 0.911. The van der Waals surface area contributed by atoms with Gasteiger partial charge in [0.05, 0.1) is 0 Å². The maximum absolute atomic E-state index is 13.2. The third-order valence-corrected chi connectivity index (χ3v) is 3.65. The monoisotopic (exact) mass is 273 g/mol. The van der Waals surface area contributed by atoms with E-state index in [1.807, 2.05) is 6.07 Å². The zero-order chi connectivity index (χ0) is 14.1. The van der Waals surface area contributed by atoms with Crippen molar-refractivity contribution in [2.24, 2.45) is 0 Å². The van der Waals surface area contributed by atoms with Crippen molar-refractivity contribution in [3.8, 4) is 0 Å². The maximum Gasteiger partial charge on any atom is 0.228 e. The molecule has 1 aliphatic heterocycles. The minimum Gasteiger partial charge on any atom is -0.437 e. The molecule has 2 aromatic rings. The van der Waals surface area contributed by atoms with Gasteiger partial charge in [-0.3, -0.25) is 4.79 Å². The van der Waals surface area contributed by atoms with Gasteiger partial charge in [0.1, 0.15) is 5.82 Å². The van der Waals surface area contributed by atoms with Crippen LogP contribution in [0.5, 0.6) is 0 Å². The molecule has 0 atom stereocenters. The molecule has 4 heteroatoms. The highest BCUT2D eigenvalue weighted by atomic mass is 19.1. The van der Waals surface area contributed by atoms with Gasteiger partial charge in [-0.1, -0.05) is 0 Å². The van der Waals surface area contributed by atoms with Crippen molar-refractivity contribution in [3.05, 3.63) is 53.0 Å². The zero-order valence-corrected chi connectivity index (χ0v) is 11.4. The number of hydrogen-bond donors (Lipinski definition) is 0. The van der Waals surface area contributed by atoms with E-state index < -0.39 is 0 Å².